The molecule has 0 bridgehead atoms. The first-order valence-electron chi connectivity index (χ1n) is 6.37. The van der Waals surface area contributed by atoms with Gasteiger partial charge in [0.2, 0.25) is 0 Å². The highest BCUT2D eigenvalue weighted by atomic mass is 35.5. The lowest BCUT2D eigenvalue weighted by molar-refractivity contribution is 0.113. The van der Waals surface area contributed by atoms with Crippen LogP contribution in [0.25, 0.3) is 0 Å². The molecule has 0 amide bonds. The van der Waals surface area contributed by atoms with Gasteiger partial charge in [-0.3, -0.25) is 0 Å². The van der Waals surface area contributed by atoms with Crippen LogP contribution in [0.15, 0.2) is 0 Å². The third-order valence-electron chi connectivity index (χ3n) is 3.71. The van der Waals surface area contributed by atoms with Gasteiger partial charge in [-0.2, -0.15) is 0 Å². The topological polar surface area (TPSA) is 9.23 Å². The van der Waals surface area contributed by atoms with E-state index in [-0.39, 0.29) is 0 Å². The van der Waals surface area contributed by atoms with Crippen LogP contribution in [0.2, 0.25) is 0 Å². The minimum atomic E-state index is 0.389. The third-order valence-corrected chi connectivity index (χ3v) is 4.28. The van der Waals surface area contributed by atoms with Crippen molar-refractivity contribution in [2.45, 2.75) is 51.8 Å². The molecule has 0 aromatic heterocycles. The lowest BCUT2D eigenvalue weighted by Gasteiger charge is -2.35. The summed E-state index contributed by atoms with van der Waals surface area (Å²) in [7, 11) is 0. The second kappa shape index (κ2) is 6.75. The smallest absolute Gasteiger partial charge is 0.0469 e. The molecule has 0 aromatic carbocycles. The standard InChI is InChI=1S/C13H25ClO/c1-4-15-8-7-12-9-11(10(2)3)5-6-13(12)14/h10-13H,4-9H2,1-3H3. The molecule has 1 aliphatic rings. The number of hydrogen-bond donors (Lipinski definition) is 0. The van der Waals surface area contributed by atoms with Crippen LogP contribution >= 0.6 is 11.6 Å². The van der Waals surface area contributed by atoms with E-state index in [1.807, 2.05) is 0 Å². The van der Waals surface area contributed by atoms with Gasteiger partial charge in [-0.05, 0) is 50.4 Å². The van der Waals surface area contributed by atoms with Crippen molar-refractivity contribution in [2.75, 3.05) is 13.2 Å². The van der Waals surface area contributed by atoms with Crippen molar-refractivity contribution < 1.29 is 4.74 Å². The first kappa shape index (κ1) is 13.3. The van der Waals surface area contributed by atoms with Gasteiger partial charge >= 0.3 is 0 Å². The fraction of sp³-hybridized carbons (Fsp3) is 1.00. The summed E-state index contributed by atoms with van der Waals surface area (Å²) in [6.07, 6.45) is 4.96. The summed E-state index contributed by atoms with van der Waals surface area (Å²) in [6, 6.07) is 0. The van der Waals surface area contributed by atoms with Crippen LogP contribution < -0.4 is 0 Å². The highest BCUT2D eigenvalue weighted by Crippen LogP contribution is 2.37. The van der Waals surface area contributed by atoms with Gasteiger partial charge < -0.3 is 4.74 Å². The number of ether oxygens (including phenoxy) is 1. The molecule has 0 heterocycles. The Hall–Kier alpha value is 0.250. The molecule has 1 nitrogen and oxygen atoms in total. The molecule has 3 unspecified atom stereocenters. The fourth-order valence-corrected chi connectivity index (χ4v) is 2.90. The molecule has 1 fully saturated rings. The largest absolute Gasteiger partial charge is 0.382 e. The van der Waals surface area contributed by atoms with E-state index in [9.17, 15) is 0 Å². The maximum absolute atomic E-state index is 6.38. The highest BCUT2D eigenvalue weighted by molar-refractivity contribution is 6.20. The van der Waals surface area contributed by atoms with Crippen LogP contribution in [-0.2, 0) is 4.74 Å². The summed E-state index contributed by atoms with van der Waals surface area (Å²) >= 11 is 6.38. The summed E-state index contributed by atoms with van der Waals surface area (Å²) < 4.78 is 5.42. The zero-order chi connectivity index (χ0) is 11.3. The molecule has 90 valence electrons. The number of alkyl halides is 1. The van der Waals surface area contributed by atoms with Crippen molar-refractivity contribution in [2.24, 2.45) is 17.8 Å². The molecule has 0 spiro atoms. The van der Waals surface area contributed by atoms with Crippen LogP contribution in [0.3, 0.4) is 0 Å². The number of hydrogen-bond acceptors (Lipinski definition) is 1. The van der Waals surface area contributed by atoms with Crippen molar-refractivity contribution >= 4 is 11.6 Å². The molecule has 3 atom stereocenters. The van der Waals surface area contributed by atoms with E-state index in [2.05, 4.69) is 20.8 Å². The van der Waals surface area contributed by atoms with Gasteiger partial charge in [0, 0.05) is 18.6 Å². The Balaban J connectivity index is 2.32. The Morgan fingerprint density at radius 2 is 2.07 bits per heavy atom. The molecule has 1 aliphatic carbocycles. The molecule has 0 aliphatic heterocycles. The summed E-state index contributed by atoms with van der Waals surface area (Å²) in [6.45, 7) is 8.43. The van der Waals surface area contributed by atoms with Gasteiger partial charge in [-0.25, -0.2) is 0 Å². The van der Waals surface area contributed by atoms with Gasteiger partial charge in [-0.15, -0.1) is 11.6 Å². The SMILES string of the molecule is CCOCCC1CC(C(C)C)CCC1Cl. The molecule has 1 rings (SSSR count). The van der Waals surface area contributed by atoms with Crippen molar-refractivity contribution in [3.05, 3.63) is 0 Å². The average molecular weight is 233 g/mol. The zero-order valence-electron chi connectivity index (χ0n) is 10.3. The summed E-state index contributed by atoms with van der Waals surface area (Å²) in [5.74, 6) is 2.37. The molecular formula is C13H25ClO. The minimum absolute atomic E-state index is 0.389. The van der Waals surface area contributed by atoms with Crippen LogP contribution in [0.5, 0.6) is 0 Å². The predicted octanol–water partition coefficient (Wildman–Crippen LogP) is 4.09. The number of rotatable bonds is 5. The van der Waals surface area contributed by atoms with E-state index in [1.54, 1.807) is 0 Å². The van der Waals surface area contributed by atoms with E-state index >= 15 is 0 Å². The molecule has 0 aromatic rings. The van der Waals surface area contributed by atoms with Crippen molar-refractivity contribution in [3.8, 4) is 0 Å². The molecule has 0 radical (unpaired) electrons. The lowest BCUT2D eigenvalue weighted by Crippen LogP contribution is -2.28. The van der Waals surface area contributed by atoms with Gasteiger partial charge in [0.1, 0.15) is 0 Å². The summed E-state index contributed by atoms with van der Waals surface area (Å²) in [5.41, 5.74) is 0. The molecule has 15 heavy (non-hydrogen) atoms. The first-order valence-corrected chi connectivity index (χ1v) is 6.80. The molecule has 2 heteroatoms. The third kappa shape index (κ3) is 4.32. The van der Waals surface area contributed by atoms with Gasteiger partial charge in [0.15, 0.2) is 0 Å². The average Bonchev–Trinajstić information content (AvgIpc) is 2.20. The van der Waals surface area contributed by atoms with E-state index in [4.69, 9.17) is 16.3 Å². The summed E-state index contributed by atoms with van der Waals surface area (Å²) in [5, 5.41) is 0.389. The fourth-order valence-electron chi connectivity index (χ4n) is 2.55. The Bertz CT molecular complexity index is 170. The van der Waals surface area contributed by atoms with Crippen LogP contribution in [0.1, 0.15) is 46.5 Å². The van der Waals surface area contributed by atoms with Crippen molar-refractivity contribution in [1.29, 1.82) is 0 Å². The second-order valence-corrected chi connectivity index (χ2v) is 5.64. The first-order chi connectivity index (χ1) is 7.15. The van der Waals surface area contributed by atoms with Crippen LogP contribution in [-0.4, -0.2) is 18.6 Å². The number of halogens is 1. The van der Waals surface area contributed by atoms with Crippen molar-refractivity contribution in [3.63, 3.8) is 0 Å². The van der Waals surface area contributed by atoms with E-state index in [0.717, 1.165) is 31.5 Å². The highest BCUT2D eigenvalue weighted by Gasteiger charge is 2.30. The Morgan fingerprint density at radius 1 is 1.33 bits per heavy atom. The normalized spacial score (nSPS) is 32.2. The van der Waals surface area contributed by atoms with Crippen LogP contribution in [0.4, 0.5) is 0 Å². The molecule has 0 saturated heterocycles. The van der Waals surface area contributed by atoms with Gasteiger partial charge in [0.05, 0.1) is 0 Å². The Morgan fingerprint density at radius 3 is 2.67 bits per heavy atom. The maximum atomic E-state index is 6.38. The quantitative estimate of drug-likeness (QED) is 0.513. The van der Waals surface area contributed by atoms with Crippen molar-refractivity contribution in [1.82, 2.24) is 0 Å². The van der Waals surface area contributed by atoms with Crippen LogP contribution in [0, 0.1) is 17.8 Å². The van der Waals surface area contributed by atoms with Gasteiger partial charge in [0.25, 0.3) is 0 Å². The monoisotopic (exact) mass is 232 g/mol. The van der Waals surface area contributed by atoms with E-state index in [0.29, 0.717) is 11.3 Å². The van der Waals surface area contributed by atoms with E-state index < -0.39 is 0 Å². The Labute approximate surface area is 99.5 Å². The molecule has 1 saturated carbocycles. The van der Waals surface area contributed by atoms with Gasteiger partial charge in [-0.1, -0.05) is 13.8 Å². The second-order valence-electron chi connectivity index (χ2n) is 5.08. The molecule has 0 N–H and O–H groups in total. The predicted molar refractivity (Wildman–Crippen MR) is 66.4 cm³/mol. The summed E-state index contributed by atoms with van der Waals surface area (Å²) in [4.78, 5) is 0. The Kier molecular flexibility index (Phi) is 5.99. The zero-order valence-corrected chi connectivity index (χ0v) is 11.1. The lowest BCUT2D eigenvalue weighted by atomic mass is 9.75. The minimum Gasteiger partial charge on any atom is -0.382 e. The maximum Gasteiger partial charge on any atom is 0.0469 e. The molecular weight excluding hydrogens is 208 g/mol. The van der Waals surface area contributed by atoms with E-state index in [1.165, 1.54) is 19.3 Å².